The summed E-state index contributed by atoms with van der Waals surface area (Å²) in [5.74, 6) is 0.0215. The summed E-state index contributed by atoms with van der Waals surface area (Å²) in [5.41, 5.74) is 8.60. The molecule has 0 aliphatic heterocycles. The normalized spacial score (nSPS) is 10.8. The molecular weight excluding hydrogens is 302 g/mol. The molecule has 0 spiro atoms. The van der Waals surface area contributed by atoms with Crippen LogP contribution in [0.3, 0.4) is 0 Å². The van der Waals surface area contributed by atoms with Crippen LogP contribution in [-0.4, -0.2) is 20.2 Å². The van der Waals surface area contributed by atoms with Gasteiger partial charge in [-0.05, 0) is 5.56 Å². The SMILES string of the molecule is Nc1nc2nnc(-c3ccccc3)c(-c3ccccc3)c2c(=O)[nH]1. The molecule has 3 N–H and O–H groups in total. The number of nitrogens with one attached hydrogen (secondary N) is 1. The minimum Gasteiger partial charge on any atom is -0.369 e. The third kappa shape index (κ3) is 2.30. The van der Waals surface area contributed by atoms with E-state index in [1.54, 1.807) is 0 Å². The molecule has 0 atom stereocenters. The fourth-order valence-corrected chi connectivity index (χ4v) is 2.73. The predicted molar refractivity (Wildman–Crippen MR) is 93.2 cm³/mol. The lowest BCUT2D eigenvalue weighted by atomic mass is 9.97. The van der Waals surface area contributed by atoms with Gasteiger partial charge in [-0.15, -0.1) is 10.2 Å². The van der Waals surface area contributed by atoms with Gasteiger partial charge >= 0.3 is 0 Å². The van der Waals surface area contributed by atoms with Gasteiger partial charge in [-0.2, -0.15) is 4.98 Å². The first kappa shape index (κ1) is 14.1. The number of hydrogen-bond acceptors (Lipinski definition) is 5. The predicted octanol–water partition coefficient (Wildman–Crippen LogP) is 2.63. The molecular formula is C18H13N5O. The Morgan fingerprint density at radius 3 is 2.12 bits per heavy atom. The topological polar surface area (TPSA) is 97.5 Å². The minimum absolute atomic E-state index is 0.0215. The Balaban J connectivity index is 2.16. The van der Waals surface area contributed by atoms with E-state index < -0.39 is 0 Å². The summed E-state index contributed by atoms with van der Waals surface area (Å²) in [6, 6.07) is 19.2. The van der Waals surface area contributed by atoms with Gasteiger partial charge in [0, 0.05) is 11.1 Å². The standard InChI is InChI=1S/C18H13N5O/c19-18-20-16-14(17(24)21-18)13(11-7-3-1-4-8-11)15(22-23-16)12-9-5-2-6-10-12/h1-10H,(H3,19,20,21,23,24). The zero-order valence-electron chi connectivity index (χ0n) is 12.6. The first-order valence-corrected chi connectivity index (χ1v) is 7.41. The second kappa shape index (κ2) is 5.58. The van der Waals surface area contributed by atoms with E-state index in [2.05, 4.69) is 20.2 Å². The molecule has 2 aromatic heterocycles. The van der Waals surface area contributed by atoms with Gasteiger partial charge in [0.25, 0.3) is 5.56 Å². The number of aromatic amines is 1. The van der Waals surface area contributed by atoms with Gasteiger partial charge in [0.2, 0.25) is 5.95 Å². The number of aromatic nitrogens is 4. The molecule has 6 nitrogen and oxygen atoms in total. The molecule has 0 unspecified atom stereocenters. The molecule has 0 saturated heterocycles. The van der Waals surface area contributed by atoms with Gasteiger partial charge in [0.05, 0.1) is 5.39 Å². The molecule has 116 valence electrons. The van der Waals surface area contributed by atoms with Crippen molar-refractivity contribution in [2.75, 3.05) is 5.73 Å². The molecule has 2 aromatic carbocycles. The van der Waals surface area contributed by atoms with E-state index in [-0.39, 0.29) is 17.2 Å². The lowest BCUT2D eigenvalue weighted by Crippen LogP contribution is -2.14. The molecule has 4 rings (SSSR count). The average Bonchev–Trinajstić information content (AvgIpc) is 2.62. The zero-order valence-corrected chi connectivity index (χ0v) is 12.6. The van der Waals surface area contributed by atoms with E-state index in [1.165, 1.54) is 0 Å². The van der Waals surface area contributed by atoms with Crippen molar-refractivity contribution in [3.63, 3.8) is 0 Å². The number of benzene rings is 2. The first-order chi connectivity index (χ1) is 11.7. The van der Waals surface area contributed by atoms with Gasteiger partial charge in [0.1, 0.15) is 5.69 Å². The number of nitrogens with two attached hydrogens (primary N) is 1. The van der Waals surface area contributed by atoms with E-state index in [9.17, 15) is 4.79 Å². The molecule has 0 bridgehead atoms. The number of nitrogens with zero attached hydrogens (tertiary/aromatic N) is 3. The smallest absolute Gasteiger partial charge is 0.262 e. The van der Waals surface area contributed by atoms with E-state index >= 15 is 0 Å². The molecule has 2 heterocycles. The van der Waals surface area contributed by atoms with E-state index in [0.717, 1.165) is 11.1 Å². The zero-order chi connectivity index (χ0) is 16.5. The molecule has 0 saturated carbocycles. The second-order valence-electron chi connectivity index (χ2n) is 5.31. The van der Waals surface area contributed by atoms with Crippen molar-refractivity contribution in [2.45, 2.75) is 0 Å². The molecule has 4 aromatic rings. The van der Waals surface area contributed by atoms with E-state index in [0.29, 0.717) is 16.6 Å². The summed E-state index contributed by atoms with van der Waals surface area (Å²) in [4.78, 5) is 19.2. The molecule has 0 aliphatic rings. The fourth-order valence-electron chi connectivity index (χ4n) is 2.73. The third-order valence-electron chi connectivity index (χ3n) is 3.76. The van der Waals surface area contributed by atoms with Crippen LogP contribution in [0.4, 0.5) is 5.95 Å². The van der Waals surface area contributed by atoms with Crippen LogP contribution in [0, 0.1) is 0 Å². The monoisotopic (exact) mass is 315 g/mol. The number of rotatable bonds is 2. The highest BCUT2D eigenvalue weighted by atomic mass is 16.1. The van der Waals surface area contributed by atoms with Crippen molar-refractivity contribution in [1.82, 2.24) is 20.2 Å². The maximum atomic E-state index is 12.5. The summed E-state index contributed by atoms with van der Waals surface area (Å²) in [5, 5.41) is 8.80. The van der Waals surface area contributed by atoms with Crippen LogP contribution < -0.4 is 11.3 Å². The summed E-state index contributed by atoms with van der Waals surface area (Å²) in [6.07, 6.45) is 0. The molecule has 0 radical (unpaired) electrons. The van der Waals surface area contributed by atoms with Crippen LogP contribution in [0.25, 0.3) is 33.4 Å². The highest BCUT2D eigenvalue weighted by molar-refractivity contribution is 5.99. The summed E-state index contributed by atoms with van der Waals surface area (Å²) < 4.78 is 0. The Morgan fingerprint density at radius 1 is 0.833 bits per heavy atom. The number of nitrogen functional groups attached to an aromatic ring is 1. The molecule has 0 aliphatic carbocycles. The van der Waals surface area contributed by atoms with E-state index in [4.69, 9.17) is 5.73 Å². The molecule has 24 heavy (non-hydrogen) atoms. The van der Waals surface area contributed by atoms with Crippen LogP contribution in [0.15, 0.2) is 65.5 Å². The van der Waals surface area contributed by atoms with Crippen molar-refractivity contribution >= 4 is 17.0 Å². The summed E-state index contributed by atoms with van der Waals surface area (Å²) >= 11 is 0. The third-order valence-corrected chi connectivity index (χ3v) is 3.76. The van der Waals surface area contributed by atoms with Crippen molar-refractivity contribution in [3.05, 3.63) is 71.0 Å². The van der Waals surface area contributed by atoms with Crippen molar-refractivity contribution < 1.29 is 0 Å². The molecule has 0 amide bonds. The van der Waals surface area contributed by atoms with Gasteiger partial charge < -0.3 is 5.73 Å². The number of fused-ring (bicyclic) bond motifs is 1. The van der Waals surface area contributed by atoms with Gasteiger partial charge in [-0.3, -0.25) is 9.78 Å². The maximum Gasteiger partial charge on any atom is 0.262 e. The van der Waals surface area contributed by atoms with Crippen LogP contribution in [0.2, 0.25) is 0 Å². The van der Waals surface area contributed by atoms with Gasteiger partial charge in [-0.1, -0.05) is 60.7 Å². The van der Waals surface area contributed by atoms with Crippen molar-refractivity contribution in [3.8, 4) is 22.4 Å². The first-order valence-electron chi connectivity index (χ1n) is 7.41. The Kier molecular flexibility index (Phi) is 3.28. The van der Waals surface area contributed by atoms with Crippen molar-refractivity contribution in [1.29, 1.82) is 0 Å². The minimum atomic E-state index is -0.330. The maximum absolute atomic E-state index is 12.5. The Bertz CT molecular complexity index is 1080. The van der Waals surface area contributed by atoms with Crippen LogP contribution in [0.5, 0.6) is 0 Å². The second-order valence-corrected chi connectivity index (χ2v) is 5.31. The fraction of sp³-hybridized carbons (Fsp3) is 0. The quantitative estimate of drug-likeness (QED) is 0.592. The highest BCUT2D eigenvalue weighted by Crippen LogP contribution is 2.33. The average molecular weight is 315 g/mol. The van der Waals surface area contributed by atoms with Gasteiger partial charge in [0.15, 0.2) is 5.65 Å². The Labute approximate surface area is 137 Å². The highest BCUT2D eigenvalue weighted by Gasteiger charge is 2.18. The van der Waals surface area contributed by atoms with Crippen LogP contribution in [0.1, 0.15) is 0 Å². The summed E-state index contributed by atoms with van der Waals surface area (Å²) in [7, 11) is 0. The number of anilines is 1. The lowest BCUT2D eigenvalue weighted by molar-refractivity contribution is 1.04. The van der Waals surface area contributed by atoms with Crippen LogP contribution >= 0.6 is 0 Å². The van der Waals surface area contributed by atoms with Crippen molar-refractivity contribution in [2.24, 2.45) is 0 Å². The number of hydrogen-bond donors (Lipinski definition) is 2. The summed E-state index contributed by atoms with van der Waals surface area (Å²) in [6.45, 7) is 0. The number of H-pyrrole nitrogens is 1. The Morgan fingerprint density at radius 2 is 1.46 bits per heavy atom. The molecule has 6 heteroatoms. The van der Waals surface area contributed by atoms with Gasteiger partial charge in [-0.25, -0.2) is 0 Å². The lowest BCUT2D eigenvalue weighted by Gasteiger charge is -2.11. The molecule has 0 fully saturated rings. The van der Waals surface area contributed by atoms with E-state index in [1.807, 2.05) is 60.7 Å². The largest absolute Gasteiger partial charge is 0.369 e. The van der Waals surface area contributed by atoms with Crippen LogP contribution in [-0.2, 0) is 0 Å². The Hall–Kier alpha value is -3.54.